The minimum atomic E-state index is -3.74. The van der Waals surface area contributed by atoms with Crippen molar-refractivity contribution in [2.24, 2.45) is 0 Å². The third-order valence-corrected chi connectivity index (χ3v) is 5.65. The summed E-state index contributed by atoms with van der Waals surface area (Å²) >= 11 is 0.728. The molecule has 1 aromatic carbocycles. The Hall–Kier alpha value is -2.57. The Morgan fingerprint density at radius 2 is 1.93 bits per heavy atom. The number of carbonyl (C=O) groups is 3. The lowest BCUT2D eigenvalue weighted by atomic mass is 10.2. The minimum Gasteiger partial charge on any atom is -0.493 e. The lowest BCUT2D eigenvalue weighted by Gasteiger charge is -2.28. The summed E-state index contributed by atoms with van der Waals surface area (Å²) in [4.78, 5) is 39.9. The van der Waals surface area contributed by atoms with Crippen LogP contribution in [-0.2, 0) is 24.4 Å². The molecule has 2 aliphatic rings. The number of rotatable bonds is 6. The minimum absolute atomic E-state index is 0.00126. The summed E-state index contributed by atoms with van der Waals surface area (Å²) in [6, 6.07) is 4.39. The molecule has 0 bridgehead atoms. The average molecular weight is 456 g/mol. The SMILES string of the molecule is COc1cc(/C=C2\SC(=O)N(CC(=O)N3CCOCC3)C2=O)ccc1OS(C)(=O)=O. The summed E-state index contributed by atoms with van der Waals surface area (Å²) < 4.78 is 37.8. The largest absolute Gasteiger partial charge is 0.493 e. The molecule has 10 nitrogen and oxygen atoms in total. The predicted octanol–water partition coefficient (Wildman–Crippen LogP) is 0.929. The zero-order valence-electron chi connectivity index (χ0n) is 16.3. The Balaban J connectivity index is 1.75. The summed E-state index contributed by atoms with van der Waals surface area (Å²) in [6.07, 6.45) is 2.38. The Morgan fingerprint density at radius 3 is 2.57 bits per heavy atom. The molecule has 2 aliphatic heterocycles. The number of nitrogens with zero attached hydrogens (tertiary/aromatic N) is 2. The molecule has 0 radical (unpaired) electrons. The van der Waals surface area contributed by atoms with Gasteiger partial charge in [-0.2, -0.15) is 8.42 Å². The van der Waals surface area contributed by atoms with Gasteiger partial charge in [-0.25, -0.2) is 0 Å². The van der Waals surface area contributed by atoms with Crippen LogP contribution in [0.4, 0.5) is 4.79 Å². The molecule has 1 aromatic rings. The topological polar surface area (TPSA) is 120 Å². The number of morpholine rings is 1. The van der Waals surface area contributed by atoms with Gasteiger partial charge in [-0.1, -0.05) is 6.07 Å². The molecule has 0 atom stereocenters. The number of thioether (sulfide) groups is 1. The third-order valence-electron chi connectivity index (χ3n) is 4.26. The smallest absolute Gasteiger partial charge is 0.306 e. The highest BCUT2D eigenvalue weighted by Crippen LogP contribution is 2.34. The molecule has 162 valence electrons. The Morgan fingerprint density at radius 1 is 1.23 bits per heavy atom. The first kappa shape index (κ1) is 22.1. The van der Waals surface area contributed by atoms with Crippen LogP contribution in [0, 0.1) is 0 Å². The van der Waals surface area contributed by atoms with E-state index < -0.39 is 21.3 Å². The first-order chi connectivity index (χ1) is 14.2. The molecule has 3 amide bonds. The van der Waals surface area contributed by atoms with Gasteiger partial charge >= 0.3 is 10.1 Å². The number of amides is 3. The van der Waals surface area contributed by atoms with Crippen molar-refractivity contribution in [3.63, 3.8) is 0 Å². The van der Waals surface area contributed by atoms with E-state index in [2.05, 4.69) is 0 Å². The molecule has 2 heterocycles. The molecule has 0 unspecified atom stereocenters. The number of ether oxygens (including phenoxy) is 2. The maximum atomic E-state index is 12.6. The average Bonchev–Trinajstić information content (AvgIpc) is 2.96. The van der Waals surface area contributed by atoms with E-state index in [1.807, 2.05) is 0 Å². The highest BCUT2D eigenvalue weighted by molar-refractivity contribution is 8.18. The summed E-state index contributed by atoms with van der Waals surface area (Å²) in [6.45, 7) is 1.37. The van der Waals surface area contributed by atoms with E-state index in [1.165, 1.54) is 31.4 Å². The molecule has 0 aliphatic carbocycles. The molecule has 0 spiro atoms. The zero-order valence-corrected chi connectivity index (χ0v) is 18.0. The van der Waals surface area contributed by atoms with Gasteiger partial charge in [0.05, 0.1) is 31.5 Å². The first-order valence-corrected chi connectivity index (χ1v) is 11.5. The van der Waals surface area contributed by atoms with E-state index >= 15 is 0 Å². The number of hydrogen-bond donors (Lipinski definition) is 0. The highest BCUT2D eigenvalue weighted by Gasteiger charge is 2.37. The van der Waals surface area contributed by atoms with E-state index in [4.69, 9.17) is 13.7 Å². The van der Waals surface area contributed by atoms with Crippen LogP contribution in [0.25, 0.3) is 6.08 Å². The lowest BCUT2D eigenvalue weighted by molar-refractivity contribution is -0.139. The number of benzene rings is 1. The molecule has 12 heteroatoms. The predicted molar refractivity (Wildman–Crippen MR) is 109 cm³/mol. The molecule has 2 fully saturated rings. The van der Waals surface area contributed by atoms with Crippen molar-refractivity contribution < 1.29 is 36.5 Å². The van der Waals surface area contributed by atoms with Crippen LogP contribution in [0.5, 0.6) is 11.5 Å². The monoisotopic (exact) mass is 456 g/mol. The first-order valence-electron chi connectivity index (χ1n) is 8.86. The summed E-state index contributed by atoms with van der Waals surface area (Å²) in [7, 11) is -2.39. The Kier molecular flexibility index (Phi) is 6.68. The quantitative estimate of drug-likeness (QED) is 0.455. The summed E-state index contributed by atoms with van der Waals surface area (Å²) in [5.41, 5.74) is 0.498. The second-order valence-corrected chi connectivity index (χ2v) is 9.03. The van der Waals surface area contributed by atoms with E-state index in [9.17, 15) is 22.8 Å². The van der Waals surface area contributed by atoms with Crippen LogP contribution in [0.1, 0.15) is 5.56 Å². The van der Waals surface area contributed by atoms with Gasteiger partial charge in [0.2, 0.25) is 5.91 Å². The number of methoxy groups -OCH3 is 1. The van der Waals surface area contributed by atoms with Crippen molar-refractivity contribution >= 4 is 45.0 Å². The van der Waals surface area contributed by atoms with E-state index in [-0.39, 0.29) is 28.9 Å². The van der Waals surface area contributed by atoms with E-state index in [1.54, 1.807) is 4.90 Å². The molecule has 0 N–H and O–H groups in total. The number of hydrogen-bond acceptors (Lipinski definition) is 9. The fourth-order valence-corrected chi connectivity index (χ4v) is 4.14. The molecule has 0 aromatic heterocycles. The molecular weight excluding hydrogens is 436 g/mol. The highest BCUT2D eigenvalue weighted by atomic mass is 32.2. The second-order valence-electron chi connectivity index (χ2n) is 6.46. The molecule has 30 heavy (non-hydrogen) atoms. The van der Waals surface area contributed by atoms with Crippen LogP contribution in [0.15, 0.2) is 23.1 Å². The van der Waals surface area contributed by atoms with Crippen LogP contribution >= 0.6 is 11.8 Å². The number of carbonyl (C=O) groups excluding carboxylic acids is 3. The molecule has 3 rings (SSSR count). The Labute approximate surface area is 177 Å². The second kappa shape index (κ2) is 9.06. The van der Waals surface area contributed by atoms with E-state index in [0.717, 1.165) is 22.9 Å². The van der Waals surface area contributed by atoms with Crippen molar-refractivity contribution in [3.8, 4) is 11.5 Å². The van der Waals surface area contributed by atoms with Crippen LogP contribution < -0.4 is 8.92 Å². The maximum Gasteiger partial charge on any atom is 0.306 e. The van der Waals surface area contributed by atoms with Gasteiger partial charge in [-0.15, -0.1) is 0 Å². The van der Waals surface area contributed by atoms with Gasteiger partial charge in [-0.3, -0.25) is 19.3 Å². The third kappa shape index (κ3) is 5.32. The Bertz CT molecular complexity index is 999. The molecular formula is C18H20N2O8S2. The maximum absolute atomic E-state index is 12.6. The summed E-state index contributed by atoms with van der Waals surface area (Å²) in [5, 5.41) is -0.531. The van der Waals surface area contributed by atoms with Crippen molar-refractivity contribution in [2.75, 3.05) is 46.2 Å². The number of imide groups is 1. The van der Waals surface area contributed by atoms with Crippen LogP contribution in [0.3, 0.4) is 0 Å². The zero-order chi connectivity index (χ0) is 21.9. The fraction of sp³-hybridized carbons (Fsp3) is 0.389. The molecule has 0 saturated carbocycles. The summed E-state index contributed by atoms with van der Waals surface area (Å²) in [5.74, 6) is -0.731. The van der Waals surface area contributed by atoms with Crippen molar-refractivity contribution in [1.82, 2.24) is 9.80 Å². The normalized spacial score (nSPS) is 18.8. The van der Waals surface area contributed by atoms with Gasteiger partial charge in [0.1, 0.15) is 6.54 Å². The van der Waals surface area contributed by atoms with Crippen LogP contribution in [0.2, 0.25) is 0 Å². The van der Waals surface area contributed by atoms with Gasteiger partial charge in [0.25, 0.3) is 11.1 Å². The van der Waals surface area contributed by atoms with E-state index in [0.29, 0.717) is 31.9 Å². The van der Waals surface area contributed by atoms with Gasteiger partial charge in [0.15, 0.2) is 11.5 Å². The van der Waals surface area contributed by atoms with Crippen molar-refractivity contribution in [3.05, 3.63) is 28.7 Å². The molecule has 2 saturated heterocycles. The van der Waals surface area contributed by atoms with Gasteiger partial charge in [-0.05, 0) is 35.5 Å². The lowest BCUT2D eigenvalue weighted by Crippen LogP contribution is -2.46. The van der Waals surface area contributed by atoms with Crippen molar-refractivity contribution in [1.29, 1.82) is 0 Å². The standard InChI is InChI=1S/C18H20N2O8S2/c1-26-14-9-12(3-4-13(14)28-30(2,24)25)10-15-17(22)20(18(23)29-15)11-16(21)19-5-7-27-8-6-19/h3-4,9-10H,5-8,11H2,1-2H3/b15-10-. The van der Waals surface area contributed by atoms with Gasteiger partial charge < -0.3 is 18.6 Å². The van der Waals surface area contributed by atoms with Gasteiger partial charge in [0, 0.05) is 13.1 Å². The fourth-order valence-electron chi connectivity index (χ4n) is 2.84. The van der Waals surface area contributed by atoms with Crippen molar-refractivity contribution in [2.45, 2.75) is 0 Å². The van der Waals surface area contributed by atoms with Crippen LogP contribution in [-0.4, -0.2) is 81.5 Å².